The largest absolute Gasteiger partial charge is 0.497 e. The Bertz CT molecular complexity index is 1340. The van der Waals surface area contributed by atoms with Crippen molar-refractivity contribution in [2.45, 2.75) is 24.5 Å². The average Bonchev–Trinajstić information content (AvgIpc) is 3.38. The summed E-state index contributed by atoms with van der Waals surface area (Å²) in [7, 11) is 3.70. The molecule has 36 heavy (non-hydrogen) atoms. The molecule has 1 amide bonds. The van der Waals surface area contributed by atoms with Crippen LogP contribution in [-0.2, 0) is 24.3 Å². The van der Waals surface area contributed by atoms with Crippen molar-refractivity contribution >= 4 is 17.7 Å². The van der Waals surface area contributed by atoms with Crippen molar-refractivity contribution in [2.75, 3.05) is 33.2 Å². The number of methoxy groups -OCH3 is 1. The quantitative estimate of drug-likeness (QED) is 0.488. The van der Waals surface area contributed by atoms with Gasteiger partial charge in [-0.1, -0.05) is 30.0 Å². The summed E-state index contributed by atoms with van der Waals surface area (Å²) >= 11 is 1.30. The molecule has 0 bridgehead atoms. The fourth-order valence-corrected chi connectivity index (χ4v) is 5.23. The SMILES string of the molecule is COc1ccc(-c2c(C#N)c(SCC(=O)NCc3ccc4c(c3)OCO4)nc3c2CN(C)CC3)cc1. The molecule has 3 aromatic rings. The minimum absolute atomic E-state index is 0.133. The van der Waals surface area contributed by atoms with Crippen LogP contribution in [-0.4, -0.2) is 49.0 Å². The lowest BCUT2D eigenvalue weighted by Gasteiger charge is -2.28. The number of rotatable bonds is 7. The summed E-state index contributed by atoms with van der Waals surface area (Å²) in [4.78, 5) is 19.7. The number of fused-ring (bicyclic) bond motifs is 2. The van der Waals surface area contributed by atoms with E-state index in [4.69, 9.17) is 19.2 Å². The van der Waals surface area contributed by atoms with Crippen LogP contribution in [0.15, 0.2) is 47.5 Å². The van der Waals surface area contributed by atoms with Crippen LogP contribution in [0.5, 0.6) is 17.2 Å². The van der Waals surface area contributed by atoms with E-state index in [-0.39, 0.29) is 18.5 Å². The monoisotopic (exact) mass is 502 g/mol. The van der Waals surface area contributed by atoms with Gasteiger partial charge in [0.25, 0.3) is 0 Å². The summed E-state index contributed by atoms with van der Waals surface area (Å²) in [6.45, 7) is 2.21. The van der Waals surface area contributed by atoms with Crippen molar-refractivity contribution in [3.8, 4) is 34.4 Å². The number of nitriles is 1. The second-order valence-electron chi connectivity index (χ2n) is 8.67. The van der Waals surface area contributed by atoms with Gasteiger partial charge in [-0.25, -0.2) is 4.98 Å². The predicted octanol–water partition coefficient (Wildman–Crippen LogP) is 3.75. The molecule has 1 N–H and O–H groups in total. The highest BCUT2D eigenvalue weighted by Gasteiger charge is 2.25. The predicted molar refractivity (Wildman–Crippen MR) is 136 cm³/mol. The number of hydrogen-bond donors (Lipinski definition) is 1. The first kappa shape index (κ1) is 24.0. The molecule has 184 valence electrons. The molecule has 0 saturated carbocycles. The Morgan fingerprint density at radius 2 is 2.03 bits per heavy atom. The highest BCUT2D eigenvalue weighted by molar-refractivity contribution is 8.00. The van der Waals surface area contributed by atoms with Crippen molar-refractivity contribution in [3.05, 3.63) is 64.8 Å². The van der Waals surface area contributed by atoms with Crippen molar-refractivity contribution in [1.82, 2.24) is 15.2 Å². The number of thioether (sulfide) groups is 1. The van der Waals surface area contributed by atoms with Crippen LogP contribution in [0, 0.1) is 11.3 Å². The Morgan fingerprint density at radius 1 is 1.22 bits per heavy atom. The molecular weight excluding hydrogens is 476 g/mol. The molecule has 0 atom stereocenters. The van der Waals surface area contributed by atoms with Crippen LogP contribution in [0.1, 0.15) is 22.4 Å². The van der Waals surface area contributed by atoms with E-state index < -0.39 is 0 Å². The van der Waals surface area contributed by atoms with Crippen LogP contribution < -0.4 is 19.5 Å². The normalized spacial score (nSPS) is 14.1. The molecule has 0 unspecified atom stereocenters. The van der Waals surface area contributed by atoms with Crippen LogP contribution in [0.3, 0.4) is 0 Å². The number of carbonyl (C=O) groups excluding carboxylic acids is 1. The van der Waals surface area contributed by atoms with Gasteiger partial charge in [-0.3, -0.25) is 4.79 Å². The van der Waals surface area contributed by atoms with Gasteiger partial charge < -0.3 is 24.4 Å². The van der Waals surface area contributed by atoms with Gasteiger partial charge in [0.05, 0.1) is 18.4 Å². The van der Waals surface area contributed by atoms with Crippen LogP contribution in [0.2, 0.25) is 0 Å². The first-order chi connectivity index (χ1) is 17.6. The molecule has 2 aliphatic heterocycles. The highest BCUT2D eigenvalue weighted by Crippen LogP contribution is 2.37. The number of nitrogens with zero attached hydrogens (tertiary/aromatic N) is 3. The van der Waals surface area contributed by atoms with Crippen molar-refractivity contribution in [1.29, 1.82) is 5.26 Å². The van der Waals surface area contributed by atoms with E-state index in [2.05, 4.69) is 23.3 Å². The Kier molecular flexibility index (Phi) is 6.98. The molecule has 0 saturated heterocycles. The molecule has 0 aliphatic carbocycles. The molecule has 2 aliphatic rings. The zero-order chi connectivity index (χ0) is 25.1. The molecule has 8 nitrogen and oxygen atoms in total. The molecule has 3 heterocycles. The summed E-state index contributed by atoms with van der Waals surface area (Å²) in [5.74, 6) is 2.18. The van der Waals surface area contributed by atoms with Gasteiger partial charge in [-0.05, 0) is 48.0 Å². The van der Waals surface area contributed by atoms with Gasteiger partial charge in [0.2, 0.25) is 12.7 Å². The Labute approximate surface area is 214 Å². The molecule has 0 spiro atoms. The molecule has 1 aromatic heterocycles. The number of ether oxygens (including phenoxy) is 3. The van der Waals surface area contributed by atoms with E-state index in [1.807, 2.05) is 42.5 Å². The van der Waals surface area contributed by atoms with E-state index in [9.17, 15) is 10.1 Å². The first-order valence-electron chi connectivity index (χ1n) is 11.6. The number of carbonyl (C=O) groups is 1. The fraction of sp³-hybridized carbons (Fsp3) is 0.296. The third kappa shape index (κ3) is 4.96. The topological polar surface area (TPSA) is 96.7 Å². The molecule has 0 fully saturated rings. The lowest BCUT2D eigenvalue weighted by atomic mass is 9.92. The lowest BCUT2D eigenvalue weighted by molar-refractivity contribution is -0.118. The number of amides is 1. The van der Waals surface area contributed by atoms with Crippen molar-refractivity contribution in [3.63, 3.8) is 0 Å². The lowest BCUT2D eigenvalue weighted by Crippen LogP contribution is -2.28. The number of nitrogens with one attached hydrogen (secondary N) is 1. The zero-order valence-electron chi connectivity index (χ0n) is 20.2. The molecular formula is C27H26N4O4S. The Morgan fingerprint density at radius 3 is 2.81 bits per heavy atom. The summed E-state index contributed by atoms with van der Waals surface area (Å²) in [5.41, 5.74) is 5.31. The third-order valence-electron chi connectivity index (χ3n) is 6.27. The molecule has 9 heteroatoms. The number of likely N-dealkylation sites (N-methyl/N-ethyl adjacent to an activating group) is 1. The Hall–Kier alpha value is -3.74. The van der Waals surface area contributed by atoms with Crippen LogP contribution in [0.4, 0.5) is 0 Å². The van der Waals surface area contributed by atoms with Crippen molar-refractivity contribution < 1.29 is 19.0 Å². The van der Waals surface area contributed by atoms with Gasteiger partial charge in [0, 0.05) is 37.3 Å². The molecule has 2 aromatic carbocycles. The summed E-state index contributed by atoms with van der Waals surface area (Å²) < 4.78 is 16.0. The van der Waals surface area contributed by atoms with Gasteiger partial charge in [0.15, 0.2) is 11.5 Å². The standard InChI is InChI=1S/C27H26N4O4S/c1-31-10-9-22-21(14-31)26(18-4-6-19(33-2)7-5-18)20(12-28)27(30-22)36-15-25(32)29-13-17-3-8-23-24(11-17)35-16-34-23/h3-8,11H,9-10,13-16H2,1-2H3,(H,29,32). The smallest absolute Gasteiger partial charge is 0.231 e. The number of pyridine rings is 1. The second-order valence-corrected chi connectivity index (χ2v) is 9.64. The van der Waals surface area contributed by atoms with Crippen LogP contribution >= 0.6 is 11.8 Å². The Balaban J connectivity index is 1.36. The number of benzene rings is 2. The van der Waals surface area contributed by atoms with Crippen LogP contribution in [0.25, 0.3) is 11.1 Å². The van der Waals surface area contributed by atoms with E-state index >= 15 is 0 Å². The molecule has 0 radical (unpaired) electrons. The second kappa shape index (κ2) is 10.5. The van der Waals surface area contributed by atoms with Gasteiger partial charge in [-0.2, -0.15) is 5.26 Å². The highest BCUT2D eigenvalue weighted by atomic mass is 32.2. The summed E-state index contributed by atoms with van der Waals surface area (Å²) in [5, 5.41) is 13.7. The maximum atomic E-state index is 12.7. The van der Waals surface area contributed by atoms with Gasteiger partial charge in [-0.15, -0.1) is 0 Å². The number of aromatic nitrogens is 1. The van der Waals surface area contributed by atoms with Gasteiger partial charge in [0.1, 0.15) is 16.8 Å². The summed E-state index contributed by atoms with van der Waals surface area (Å²) in [6.07, 6.45) is 0.796. The third-order valence-corrected chi connectivity index (χ3v) is 7.24. The maximum Gasteiger partial charge on any atom is 0.231 e. The average molecular weight is 503 g/mol. The minimum Gasteiger partial charge on any atom is -0.497 e. The van der Waals surface area contributed by atoms with E-state index in [0.717, 1.165) is 53.2 Å². The molecule has 5 rings (SSSR count). The van der Waals surface area contributed by atoms with E-state index in [1.165, 1.54) is 11.8 Å². The first-order valence-corrected chi connectivity index (χ1v) is 12.6. The van der Waals surface area contributed by atoms with Gasteiger partial charge >= 0.3 is 0 Å². The minimum atomic E-state index is -0.133. The maximum absolute atomic E-state index is 12.7. The summed E-state index contributed by atoms with van der Waals surface area (Å²) in [6, 6.07) is 15.7. The number of hydrogen-bond acceptors (Lipinski definition) is 8. The van der Waals surface area contributed by atoms with E-state index in [0.29, 0.717) is 28.6 Å². The van der Waals surface area contributed by atoms with Crippen molar-refractivity contribution in [2.24, 2.45) is 0 Å². The fourth-order valence-electron chi connectivity index (χ4n) is 4.39. The van der Waals surface area contributed by atoms with E-state index in [1.54, 1.807) is 7.11 Å². The zero-order valence-corrected chi connectivity index (χ0v) is 21.0.